The number of carbonyl (C=O) groups is 1. The molecule has 3 N–H and O–H groups in total. The van der Waals surface area contributed by atoms with E-state index in [9.17, 15) is 18.0 Å². The van der Waals surface area contributed by atoms with Crippen molar-refractivity contribution in [2.24, 2.45) is 5.73 Å². The van der Waals surface area contributed by atoms with Crippen LogP contribution in [0.25, 0.3) is 33.3 Å². The molecule has 2 aromatic carbocycles. The van der Waals surface area contributed by atoms with Crippen molar-refractivity contribution < 1.29 is 18.0 Å². The van der Waals surface area contributed by atoms with Gasteiger partial charge < -0.3 is 11.1 Å². The number of nitrogens with one attached hydrogen (secondary N) is 1. The van der Waals surface area contributed by atoms with Gasteiger partial charge in [0.25, 0.3) is 0 Å². The second-order valence-electron chi connectivity index (χ2n) is 8.76. The number of benzene rings is 2. The van der Waals surface area contributed by atoms with Crippen LogP contribution in [0.15, 0.2) is 73.3 Å². The van der Waals surface area contributed by atoms with Gasteiger partial charge in [0.2, 0.25) is 11.9 Å². The van der Waals surface area contributed by atoms with Gasteiger partial charge in [-0.25, -0.2) is 9.97 Å². The molecule has 0 saturated heterocycles. The number of hydrogen-bond donors (Lipinski definition) is 2. The largest absolute Gasteiger partial charge is 0.417 e. The minimum atomic E-state index is -4.68. The topological polar surface area (TPSA) is 107 Å². The monoisotopic (exact) mass is 514 g/mol. The first kappa shape index (κ1) is 24.8. The Labute approximate surface area is 215 Å². The van der Waals surface area contributed by atoms with Gasteiger partial charge in [-0.05, 0) is 60.9 Å². The van der Waals surface area contributed by atoms with Crippen LogP contribution in [0.1, 0.15) is 27.0 Å². The Balaban J connectivity index is 1.57. The summed E-state index contributed by atoms with van der Waals surface area (Å²) >= 11 is 0. The van der Waals surface area contributed by atoms with Gasteiger partial charge in [0, 0.05) is 34.5 Å². The van der Waals surface area contributed by atoms with Crippen molar-refractivity contribution in [3.05, 3.63) is 95.6 Å². The molecule has 38 heavy (non-hydrogen) atoms. The Morgan fingerprint density at radius 3 is 2.50 bits per heavy atom. The van der Waals surface area contributed by atoms with Gasteiger partial charge in [-0.15, -0.1) is 0 Å². The lowest BCUT2D eigenvalue weighted by Gasteiger charge is -2.17. The van der Waals surface area contributed by atoms with E-state index in [1.54, 1.807) is 49.1 Å². The second-order valence-corrected chi connectivity index (χ2v) is 8.76. The van der Waals surface area contributed by atoms with E-state index < -0.39 is 17.6 Å². The average molecular weight is 515 g/mol. The van der Waals surface area contributed by atoms with Gasteiger partial charge in [0.1, 0.15) is 0 Å². The molecule has 0 aliphatic carbocycles. The Bertz CT molecular complexity index is 1700. The predicted molar refractivity (Wildman–Crippen MR) is 139 cm³/mol. The minimum absolute atomic E-state index is 0.205. The summed E-state index contributed by atoms with van der Waals surface area (Å²) in [5.41, 5.74) is 8.48. The zero-order chi connectivity index (χ0) is 27.0. The number of nitrogens with two attached hydrogens (primary N) is 1. The molecule has 7 nitrogen and oxygen atoms in total. The molecule has 0 fully saturated rings. The van der Waals surface area contributed by atoms with E-state index in [1.807, 2.05) is 19.9 Å². The lowest BCUT2D eigenvalue weighted by molar-refractivity contribution is -0.137. The summed E-state index contributed by atoms with van der Waals surface area (Å²) in [6, 6.07) is 11.8. The van der Waals surface area contributed by atoms with E-state index in [0.717, 1.165) is 22.9 Å². The fourth-order valence-corrected chi connectivity index (χ4v) is 4.22. The van der Waals surface area contributed by atoms with Gasteiger partial charge in [0.05, 0.1) is 34.9 Å². The van der Waals surface area contributed by atoms with Gasteiger partial charge in [-0.3, -0.25) is 14.8 Å². The number of anilines is 2. The minimum Gasteiger partial charge on any atom is -0.366 e. The number of primary amides is 1. The lowest BCUT2D eigenvalue weighted by Crippen LogP contribution is -2.16. The van der Waals surface area contributed by atoms with Crippen LogP contribution in [0.3, 0.4) is 0 Å². The third-order valence-corrected chi connectivity index (χ3v) is 6.19. The molecule has 0 bridgehead atoms. The van der Waals surface area contributed by atoms with Gasteiger partial charge in [-0.1, -0.05) is 18.2 Å². The number of amides is 1. The maximum absolute atomic E-state index is 13.9. The maximum Gasteiger partial charge on any atom is 0.417 e. The number of halogens is 3. The summed E-state index contributed by atoms with van der Waals surface area (Å²) in [7, 11) is 0. The average Bonchev–Trinajstić information content (AvgIpc) is 2.89. The van der Waals surface area contributed by atoms with Crippen LogP contribution in [0, 0.1) is 13.8 Å². The van der Waals surface area contributed by atoms with Crippen molar-refractivity contribution in [2.75, 3.05) is 5.32 Å². The summed E-state index contributed by atoms with van der Waals surface area (Å²) in [6.07, 6.45) is 1.93. The van der Waals surface area contributed by atoms with E-state index in [2.05, 4.69) is 25.3 Å². The van der Waals surface area contributed by atoms with Gasteiger partial charge in [-0.2, -0.15) is 13.2 Å². The quantitative estimate of drug-likeness (QED) is 0.288. The highest BCUT2D eigenvalue weighted by molar-refractivity contribution is 6.01. The number of carbonyl (C=O) groups excluding carboxylic acids is 1. The molecule has 0 unspecified atom stereocenters. The Morgan fingerprint density at radius 2 is 1.76 bits per heavy atom. The summed E-state index contributed by atoms with van der Waals surface area (Å²) in [5.74, 6) is -0.566. The van der Waals surface area contributed by atoms with Crippen LogP contribution in [0.2, 0.25) is 0 Å². The zero-order valence-electron chi connectivity index (χ0n) is 20.3. The van der Waals surface area contributed by atoms with Crippen LogP contribution in [0.5, 0.6) is 0 Å². The number of aryl methyl sites for hydroxylation is 2. The third-order valence-electron chi connectivity index (χ3n) is 6.19. The highest BCUT2D eigenvalue weighted by atomic mass is 19.4. The first-order valence-electron chi connectivity index (χ1n) is 11.5. The molecule has 0 radical (unpaired) electrons. The Hall–Kier alpha value is -4.86. The highest BCUT2D eigenvalue weighted by Gasteiger charge is 2.35. The first-order valence-corrected chi connectivity index (χ1v) is 11.5. The summed E-state index contributed by atoms with van der Waals surface area (Å²) in [6.45, 7) is 3.77. The van der Waals surface area contributed by atoms with E-state index in [-0.39, 0.29) is 16.7 Å². The van der Waals surface area contributed by atoms with Crippen molar-refractivity contribution >= 4 is 28.4 Å². The molecule has 1 amide bonds. The Morgan fingerprint density at radius 1 is 0.947 bits per heavy atom. The normalized spacial score (nSPS) is 11.5. The molecule has 3 aromatic heterocycles. The molecule has 10 heteroatoms. The van der Waals surface area contributed by atoms with E-state index in [0.29, 0.717) is 28.1 Å². The van der Waals surface area contributed by atoms with Crippen molar-refractivity contribution in [1.29, 1.82) is 0 Å². The lowest BCUT2D eigenvalue weighted by atomic mass is 9.90. The van der Waals surface area contributed by atoms with E-state index >= 15 is 0 Å². The number of hydrogen-bond acceptors (Lipinski definition) is 6. The Kier molecular flexibility index (Phi) is 6.23. The molecule has 3 heterocycles. The molecule has 0 spiro atoms. The number of fused-ring (bicyclic) bond motifs is 1. The fraction of sp³-hybridized carbons (Fsp3) is 0.107. The van der Waals surface area contributed by atoms with E-state index in [1.165, 1.54) is 12.1 Å². The van der Waals surface area contributed by atoms with Crippen LogP contribution in [-0.2, 0) is 6.18 Å². The predicted octanol–water partition coefficient (Wildman–Crippen LogP) is 6.23. The molecule has 5 rings (SSSR count). The maximum atomic E-state index is 13.9. The van der Waals surface area contributed by atoms with Gasteiger partial charge >= 0.3 is 6.18 Å². The number of rotatable bonds is 5. The number of aromatic nitrogens is 4. The zero-order valence-corrected chi connectivity index (χ0v) is 20.3. The van der Waals surface area contributed by atoms with Crippen LogP contribution in [-0.4, -0.2) is 25.8 Å². The number of alkyl halides is 3. The second kappa shape index (κ2) is 9.55. The molecule has 0 atom stereocenters. The van der Waals surface area contributed by atoms with E-state index in [4.69, 9.17) is 5.73 Å². The van der Waals surface area contributed by atoms with Crippen molar-refractivity contribution in [1.82, 2.24) is 19.9 Å². The SMILES string of the molecule is Cc1ccncc1Nc1ncc2cc(-c3cc(-c4c(C(N)=O)cccc4C(F)(F)F)ccc3C)ncc2n1. The summed E-state index contributed by atoms with van der Waals surface area (Å²) in [4.78, 5) is 29.5. The highest BCUT2D eigenvalue weighted by Crippen LogP contribution is 2.40. The summed E-state index contributed by atoms with van der Waals surface area (Å²) < 4.78 is 41.6. The third kappa shape index (κ3) is 4.75. The fourth-order valence-electron chi connectivity index (χ4n) is 4.22. The van der Waals surface area contributed by atoms with Crippen molar-refractivity contribution in [3.8, 4) is 22.4 Å². The molecule has 0 saturated carbocycles. The van der Waals surface area contributed by atoms with Crippen LogP contribution < -0.4 is 11.1 Å². The first-order chi connectivity index (χ1) is 18.1. The molecule has 0 aliphatic rings. The summed E-state index contributed by atoms with van der Waals surface area (Å²) in [5, 5.41) is 3.83. The molecule has 5 aromatic rings. The molecule has 0 aliphatic heterocycles. The number of nitrogens with zero attached hydrogens (tertiary/aromatic N) is 4. The number of pyridine rings is 2. The standard InChI is InChI=1S/C28H21F3N6O/c1-15-6-7-17(25-19(26(32)38)4-3-5-21(25)28(29,30)31)10-20(15)22-11-18-12-35-27(37-24(18)14-34-22)36-23-13-33-9-8-16(23)2/h3-14H,1-2H3,(H2,32,38)(H,35,36,37). The molecular formula is C28H21F3N6O. The van der Waals surface area contributed by atoms with Crippen molar-refractivity contribution in [3.63, 3.8) is 0 Å². The van der Waals surface area contributed by atoms with Gasteiger partial charge in [0.15, 0.2) is 0 Å². The smallest absolute Gasteiger partial charge is 0.366 e. The van der Waals surface area contributed by atoms with Crippen LogP contribution in [0.4, 0.5) is 24.8 Å². The molecule has 190 valence electrons. The molecular weight excluding hydrogens is 493 g/mol. The van der Waals surface area contributed by atoms with Crippen molar-refractivity contribution in [2.45, 2.75) is 20.0 Å². The van der Waals surface area contributed by atoms with Crippen LogP contribution >= 0.6 is 0 Å².